The van der Waals surface area contributed by atoms with Crippen molar-refractivity contribution in [2.75, 3.05) is 0 Å². The fourth-order valence-electron chi connectivity index (χ4n) is 0. The third-order valence-corrected chi connectivity index (χ3v) is 0. The summed E-state index contributed by atoms with van der Waals surface area (Å²) in [6, 6.07) is 0. The van der Waals surface area contributed by atoms with Gasteiger partial charge in [0.25, 0.3) is 0 Å². The number of rotatable bonds is 0. The van der Waals surface area contributed by atoms with Crippen molar-refractivity contribution in [3.8, 4) is 0 Å². The standard InChI is InChI=1S/4ClH.2In/h4*1H;;/q;;;;2*+2/p-4. The molecule has 0 atom stereocenters. The van der Waals surface area contributed by atoms with Crippen LogP contribution in [0, 0.1) is 0 Å². The first-order valence-electron chi connectivity index (χ1n) is 0.873. The molecule has 0 saturated carbocycles. The molecule has 34 valence electrons. The quantitative estimate of drug-likeness (QED) is 0.611. The van der Waals surface area contributed by atoms with Crippen molar-refractivity contribution in [2.45, 2.75) is 0 Å². The van der Waals surface area contributed by atoms with Gasteiger partial charge >= 0.3 is 75.4 Å². The molecular weight excluding hydrogens is 371 g/mol. The van der Waals surface area contributed by atoms with Crippen LogP contribution in [0.1, 0.15) is 0 Å². The van der Waals surface area contributed by atoms with Crippen LogP contribution in [-0.2, 0) is 0 Å². The average Bonchev–Trinajstić information content (AvgIpc) is 1.39. The summed E-state index contributed by atoms with van der Waals surface area (Å²) in [6.07, 6.45) is 0. The minimum absolute atomic E-state index is 0.946. The molecule has 0 aliphatic carbocycles. The Labute approximate surface area is 73.9 Å². The van der Waals surface area contributed by atoms with Gasteiger partial charge < -0.3 is 0 Å². The van der Waals surface area contributed by atoms with Crippen LogP contribution in [0.4, 0.5) is 0 Å². The molecule has 0 bridgehead atoms. The minimum atomic E-state index is -0.946. The van der Waals surface area contributed by atoms with Crippen molar-refractivity contribution in [3.63, 3.8) is 0 Å². The second-order valence-corrected chi connectivity index (χ2v) is 9.96. The summed E-state index contributed by atoms with van der Waals surface area (Å²) in [6.45, 7) is 0. The van der Waals surface area contributed by atoms with E-state index in [0.717, 1.165) is 0 Å². The van der Waals surface area contributed by atoms with Crippen molar-refractivity contribution in [1.29, 1.82) is 0 Å². The topological polar surface area (TPSA) is 0 Å². The van der Waals surface area contributed by atoms with Crippen molar-refractivity contribution in [1.82, 2.24) is 0 Å². The van der Waals surface area contributed by atoms with Crippen molar-refractivity contribution < 1.29 is 0 Å². The monoisotopic (exact) mass is 370 g/mol. The molecule has 0 aliphatic heterocycles. The Hall–Kier alpha value is 2.90. The zero-order valence-electron chi connectivity index (χ0n) is 2.67. The van der Waals surface area contributed by atoms with Gasteiger partial charge in [-0.05, 0) is 0 Å². The van der Waals surface area contributed by atoms with E-state index in [9.17, 15) is 0 Å². The van der Waals surface area contributed by atoms with Gasteiger partial charge in [-0.15, -0.1) is 0 Å². The van der Waals surface area contributed by atoms with Crippen molar-refractivity contribution >= 4 is 75.4 Å². The average molecular weight is 371 g/mol. The van der Waals surface area contributed by atoms with Gasteiger partial charge in [0.2, 0.25) is 0 Å². The summed E-state index contributed by atoms with van der Waals surface area (Å²) in [5, 5.41) is 0. The molecule has 0 aromatic heterocycles. The molecule has 6 heteroatoms. The molecule has 6 heavy (non-hydrogen) atoms. The fourth-order valence-corrected chi connectivity index (χ4v) is 0. The van der Waals surface area contributed by atoms with E-state index in [-0.39, 0.29) is 0 Å². The maximum atomic E-state index is 4.95. The number of hydrogen-bond acceptors (Lipinski definition) is 0. The van der Waals surface area contributed by atoms with Crippen LogP contribution in [-0.4, -0.2) is 41.1 Å². The first kappa shape index (κ1) is 11.7. The predicted molar refractivity (Wildman–Crippen MR) is 34.9 cm³/mol. The molecule has 0 saturated heterocycles. The summed E-state index contributed by atoms with van der Waals surface area (Å²) < 4.78 is 0. The van der Waals surface area contributed by atoms with Crippen LogP contribution >= 0.6 is 34.3 Å². The third-order valence-electron chi connectivity index (χ3n) is 0. The fraction of sp³-hybridized carbons (Fsp3) is 0. The molecule has 0 N–H and O–H groups in total. The van der Waals surface area contributed by atoms with Crippen molar-refractivity contribution in [3.05, 3.63) is 0 Å². The predicted octanol–water partition coefficient (Wildman–Crippen LogP) is 2.00. The van der Waals surface area contributed by atoms with Gasteiger partial charge in [0.1, 0.15) is 0 Å². The SMILES string of the molecule is [Cl][In][Cl].[Cl][In][Cl]. The van der Waals surface area contributed by atoms with Gasteiger partial charge in [0.15, 0.2) is 0 Å². The molecular formula is Cl4In2. The van der Waals surface area contributed by atoms with E-state index in [2.05, 4.69) is 0 Å². The Morgan fingerprint density at radius 3 is 0.667 bits per heavy atom. The Morgan fingerprint density at radius 1 is 0.667 bits per heavy atom. The molecule has 0 unspecified atom stereocenters. The summed E-state index contributed by atoms with van der Waals surface area (Å²) in [7, 11) is 19.8. The van der Waals surface area contributed by atoms with E-state index in [0.29, 0.717) is 0 Å². The molecule has 2 radical (unpaired) electrons. The van der Waals surface area contributed by atoms with E-state index in [4.69, 9.17) is 34.3 Å². The Bertz CT molecular complexity index is 7.51. The van der Waals surface area contributed by atoms with Gasteiger partial charge in [0.05, 0.1) is 0 Å². The zero-order chi connectivity index (χ0) is 5.41. The van der Waals surface area contributed by atoms with Gasteiger partial charge in [-0.1, -0.05) is 0 Å². The van der Waals surface area contributed by atoms with Gasteiger partial charge in [0, 0.05) is 0 Å². The number of hydrogen-bond donors (Lipinski definition) is 0. The molecule has 0 heterocycles. The molecule has 0 amide bonds. The molecule has 0 spiro atoms. The number of halogens is 4. The molecule has 0 rings (SSSR count). The Balaban J connectivity index is 0. The van der Waals surface area contributed by atoms with Gasteiger partial charge in [-0.3, -0.25) is 0 Å². The van der Waals surface area contributed by atoms with Crippen LogP contribution in [0.25, 0.3) is 0 Å². The van der Waals surface area contributed by atoms with E-state index in [1.54, 1.807) is 0 Å². The molecule has 0 aliphatic rings. The first-order valence-corrected chi connectivity index (χ1v) is 17.6. The Morgan fingerprint density at radius 2 is 0.667 bits per heavy atom. The Kier molecular flexibility index (Phi) is 30.5. The van der Waals surface area contributed by atoms with E-state index in [1.807, 2.05) is 0 Å². The zero-order valence-corrected chi connectivity index (χ0v) is 12.3. The molecule has 0 aromatic carbocycles. The summed E-state index contributed by atoms with van der Waals surface area (Å²) in [5.41, 5.74) is 0. The van der Waals surface area contributed by atoms with Crippen molar-refractivity contribution in [2.24, 2.45) is 0 Å². The summed E-state index contributed by atoms with van der Waals surface area (Å²) in [5.74, 6) is 0. The summed E-state index contributed by atoms with van der Waals surface area (Å²) in [4.78, 5) is 0. The second-order valence-electron chi connectivity index (χ2n) is 0.165. The van der Waals surface area contributed by atoms with Gasteiger partial charge in [-0.25, -0.2) is 0 Å². The van der Waals surface area contributed by atoms with E-state index < -0.39 is 41.1 Å². The third kappa shape index (κ3) is 28.6. The molecule has 0 nitrogen and oxygen atoms in total. The molecule has 0 aromatic rings. The van der Waals surface area contributed by atoms with Crippen LogP contribution in [0.5, 0.6) is 0 Å². The first-order chi connectivity index (χ1) is 2.83. The van der Waals surface area contributed by atoms with E-state index >= 15 is 0 Å². The normalized spacial score (nSPS) is 4.67. The van der Waals surface area contributed by atoms with Gasteiger partial charge in [-0.2, -0.15) is 0 Å². The maximum absolute atomic E-state index is 4.95. The van der Waals surface area contributed by atoms with E-state index in [1.165, 1.54) is 0 Å². The van der Waals surface area contributed by atoms with Crippen LogP contribution in [0.2, 0.25) is 0 Å². The van der Waals surface area contributed by atoms with Crippen LogP contribution in [0.15, 0.2) is 0 Å². The summed E-state index contributed by atoms with van der Waals surface area (Å²) >= 11 is -1.89. The molecule has 0 fully saturated rings. The van der Waals surface area contributed by atoms with Crippen LogP contribution < -0.4 is 0 Å². The second kappa shape index (κ2) is 15.7. The van der Waals surface area contributed by atoms with Crippen LogP contribution in [0.3, 0.4) is 0 Å².